The van der Waals surface area contributed by atoms with Crippen molar-refractivity contribution in [3.8, 4) is 0 Å². The van der Waals surface area contributed by atoms with Crippen molar-refractivity contribution in [2.45, 2.75) is 26.4 Å². The summed E-state index contributed by atoms with van der Waals surface area (Å²) in [5.41, 5.74) is 1.54. The Bertz CT molecular complexity index is 435. The Morgan fingerprint density at radius 1 is 1.53 bits per heavy atom. The van der Waals surface area contributed by atoms with Crippen LogP contribution in [0.4, 0.5) is 5.69 Å². The van der Waals surface area contributed by atoms with Gasteiger partial charge in [0, 0.05) is 24.3 Å². The van der Waals surface area contributed by atoms with E-state index in [9.17, 15) is 9.90 Å². The molecular formula is C14H21ClN2O2. The molecule has 2 N–H and O–H groups in total. The maximum absolute atomic E-state index is 11.6. The first-order chi connectivity index (χ1) is 8.95. The molecule has 0 aliphatic rings. The van der Waals surface area contributed by atoms with E-state index in [-0.39, 0.29) is 12.5 Å². The molecule has 1 unspecified atom stereocenters. The van der Waals surface area contributed by atoms with E-state index < -0.39 is 6.10 Å². The van der Waals surface area contributed by atoms with Crippen molar-refractivity contribution in [1.29, 1.82) is 0 Å². The number of carbonyl (C=O) groups is 1. The first kappa shape index (κ1) is 15.8. The molecule has 0 saturated heterocycles. The lowest BCUT2D eigenvalue weighted by atomic mass is 10.1. The molecule has 1 aromatic rings. The Labute approximate surface area is 119 Å². The average molecular weight is 285 g/mol. The van der Waals surface area contributed by atoms with E-state index in [0.717, 1.165) is 12.1 Å². The van der Waals surface area contributed by atoms with Crippen LogP contribution in [0, 0.1) is 0 Å². The predicted octanol–water partition coefficient (Wildman–Crippen LogP) is 2.36. The van der Waals surface area contributed by atoms with Crippen LogP contribution in [0.15, 0.2) is 18.2 Å². The summed E-state index contributed by atoms with van der Waals surface area (Å²) in [6.45, 7) is 4.65. The van der Waals surface area contributed by atoms with Gasteiger partial charge < -0.3 is 15.3 Å². The lowest BCUT2D eigenvalue weighted by molar-refractivity contribution is -0.119. The van der Waals surface area contributed by atoms with E-state index in [0.29, 0.717) is 17.1 Å². The Hall–Kier alpha value is -1.26. The van der Waals surface area contributed by atoms with Gasteiger partial charge in [-0.05, 0) is 31.0 Å². The van der Waals surface area contributed by atoms with E-state index in [4.69, 9.17) is 11.6 Å². The summed E-state index contributed by atoms with van der Waals surface area (Å²) in [5, 5.41) is 12.8. The maximum atomic E-state index is 11.6. The Morgan fingerprint density at radius 2 is 2.21 bits per heavy atom. The van der Waals surface area contributed by atoms with Crippen LogP contribution in [-0.2, 0) is 4.79 Å². The monoisotopic (exact) mass is 284 g/mol. The van der Waals surface area contributed by atoms with Crippen LogP contribution >= 0.6 is 11.6 Å². The van der Waals surface area contributed by atoms with E-state index in [1.54, 1.807) is 19.1 Å². The molecule has 19 heavy (non-hydrogen) atoms. The van der Waals surface area contributed by atoms with Gasteiger partial charge in [0.25, 0.3) is 0 Å². The van der Waals surface area contributed by atoms with Crippen LogP contribution in [0.2, 0.25) is 5.02 Å². The van der Waals surface area contributed by atoms with Crippen LogP contribution in [0.3, 0.4) is 0 Å². The quantitative estimate of drug-likeness (QED) is 0.843. The second-order valence-electron chi connectivity index (χ2n) is 4.59. The number of hydrogen-bond acceptors (Lipinski definition) is 3. The van der Waals surface area contributed by atoms with Crippen molar-refractivity contribution < 1.29 is 9.90 Å². The van der Waals surface area contributed by atoms with Gasteiger partial charge in [0.15, 0.2) is 0 Å². The van der Waals surface area contributed by atoms with Crippen LogP contribution < -0.4 is 10.2 Å². The van der Waals surface area contributed by atoms with Gasteiger partial charge in [0.2, 0.25) is 5.91 Å². The molecule has 4 nitrogen and oxygen atoms in total. The number of benzene rings is 1. The van der Waals surface area contributed by atoms with E-state index in [1.165, 1.54) is 0 Å². The fourth-order valence-corrected chi connectivity index (χ4v) is 2.05. The minimum absolute atomic E-state index is 0.0138. The predicted molar refractivity (Wildman–Crippen MR) is 78.7 cm³/mol. The smallest absolute Gasteiger partial charge is 0.239 e. The van der Waals surface area contributed by atoms with E-state index >= 15 is 0 Å². The minimum atomic E-state index is -0.597. The molecule has 0 saturated carbocycles. The molecule has 5 heteroatoms. The molecule has 0 spiro atoms. The number of aliphatic hydroxyl groups is 1. The minimum Gasteiger partial charge on any atom is -0.389 e. The number of nitrogens with zero attached hydrogens (tertiary/aromatic N) is 1. The SMILES string of the molecule is CCCNC(=O)CN(C)c1ccc(C(C)O)c(Cl)c1. The fourth-order valence-electron chi connectivity index (χ4n) is 1.72. The van der Waals surface area contributed by atoms with Gasteiger partial charge in [0.1, 0.15) is 0 Å². The fraction of sp³-hybridized carbons (Fsp3) is 0.500. The molecule has 1 rings (SSSR count). The number of nitrogens with one attached hydrogen (secondary N) is 1. The molecule has 0 aliphatic carbocycles. The summed E-state index contributed by atoms with van der Waals surface area (Å²) in [7, 11) is 1.83. The second kappa shape index (κ2) is 7.36. The van der Waals surface area contributed by atoms with Gasteiger partial charge in [-0.1, -0.05) is 24.6 Å². The first-order valence-electron chi connectivity index (χ1n) is 6.41. The molecule has 1 aromatic carbocycles. The van der Waals surface area contributed by atoms with Gasteiger partial charge >= 0.3 is 0 Å². The number of halogens is 1. The Balaban J connectivity index is 2.70. The van der Waals surface area contributed by atoms with Crippen molar-refractivity contribution >= 4 is 23.2 Å². The molecule has 0 aliphatic heterocycles. The summed E-state index contributed by atoms with van der Waals surface area (Å²) in [6, 6.07) is 5.39. The van der Waals surface area contributed by atoms with E-state index in [2.05, 4.69) is 5.32 Å². The molecule has 1 amide bonds. The summed E-state index contributed by atoms with van der Waals surface area (Å²) in [5.74, 6) is -0.0138. The Morgan fingerprint density at radius 3 is 2.74 bits per heavy atom. The molecule has 106 valence electrons. The van der Waals surface area contributed by atoms with Crippen LogP contribution in [0.5, 0.6) is 0 Å². The number of anilines is 1. The van der Waals surface area contributed by atoms with Gasteiger partial charge in [-0.3, -0.25) is 4.79 Å². The zero-order valence-corrected chi connectivity index (χ0v) is 12.4. The first-order valence-corrected chi connectivity index (χ1v) is 6.78. The molecular weight excluding hydrogens is 264 g/mol. The molecule has 0 fully saturated rings. The molecule has 0 radical (unpaired) electrons. The third kappa shape index (κ3) is 4.73. The number of likely N-dealkylation sites (N-methyl/N-ethyl adjacent to an activating group) is 1. The molecule has 0 bridgehead atoms. The van der Waals surface area contributed by atoms with Crippen LogP contribution in [-0.4, -0.2) is 31.2 Å². The van der Waals surface area contributed by atoms with Gasteiger partial charge in [-0.25, -0.2) is 0 Å². The van der Waals surface area contributed by atoms with Gasteiger partial charge in [-0.2, -0.15) is 0 Å². The summed E-state index contributed by atoms with van der Waals surface area (Å²) >= 11 is 6.10. The van der Waals surface area contributed by atoms with E-state index in [1.807, 2.05) is 24.9 Å². The average Bonchev–Trinajstić information content (AvgIpc) is 2.35. The van der Waals surface area contributed by atoms with Crippen LogP contribution in [0.1, 0.15) is 31.9 Å². The molecule has 0 aromatic heterocycles. The highest BCUT2D eigenvalue weighted by molar-refractivity contribution is 6.31. The van der Waals surface area contributed by atoms with Crippen molar-refractivity contribution in [3.05, 3.63) is 28.8 Å². The number of aliphatic hydroxyl groups excluding tert-OH is 1. The molecule has 1 atom stereocenters. The summed E-state index contributed by atoms with van der Waals surface area (Å²) in [4.78, 5) is 13.4. The van der Waals surface area contributed by atoms with Crippen LogP contribution in [0.25, 0.3) is 0 Å². The maximum Gasteiger partial charge on any atom is 0.239 e. The largest absolute Gasteiger partial charge is 0.389 e. The van der Waals surface area contributed by atoms with Crippen molar-refractivity contribution in [3.63, 3.8) is 0 Å². The highest BCUT2D eigenvalue weighted by Crippen LogP contribution is 2.27. The number of carbonyl (C=O) groups excluding carboxylic acids is 1. The normalized spacial score (nSPS) is 12.1. The third-order valence-electron chi connectivity index (χ3n) is 2.83. The lowest BCUT2D eigenvalue weighted by Crippen LogP contribution is -2.35. The lowest BCUT2D eigenvalue weighted by Gasteiger charge is -2.20. The number of hydrogen-bond donors (Lipinski definition) is 2. The number of amides is 1. The molecule has 0 heterocycles. The third-order valence-corrected chi connectivity index (χ3v) is 3.16. The highest BCUT2D eigenvalue weighted by atomic mass is 35.5. The second-order valence-corrected chi connectivity index (χ2v) is 5.00. The standard InChI is InChI=1S/C14H21ClN2O2/c1-4-7-16-14(19)9-17(3)11-5-6-12(10(2)18)13(15)8-11/h5-6,8,10,18H,4,7,9H2,1-3H3,(H,16,19). The zero-order chi connectivity index (χ0) is 14.4. The van der Waals surface area contributed by atoms with Gasteiger partial charge in [-0.15, -0.1) is 0 Å². The summed E-state index contributed by atoms with van der Waals surface area (Å²) in [6.07, 6.45) is 0.324. The summed E-state index contributed by atoms with van der Waals surface area (Å²) < 4.78 is 0. The van der Waals surface area contributed by atoms with Crippen molar-refractivity contribution in [1.82, 2.24) is 5.32 Å². The van der Waals surface area contributed by atoms with Gasteiger partial charge in [0.05, 0.1) is 12.6 Å². The van der Waals surface area contributed by atoms with Crippen molar-refractivity contribution in [2.75, 3.05) is 25.0 Å². The highest BCUT2D eigenvalue weighted by Gasteiger charge is 2.11. The Kier molecular flexibility index (Phi) is 6.12. The topological polar surface area (TPSA) is 52.6 Å². The zero-order valence-electron chi connectivity index (χ0n) is 11.6. The number of rotatable bonds is 6. The van der Waals surface area contributed by atoms with Crippen molar-refractivity contribution in [2.24, 2.45) is 0 Å².